The van der Waals surface area contributed by atoms with Crippen LogP contribution in [0.15, 0.2) is 138 Å². The number of nitrogens with zero attached hydrogens (tertiary/aromatic N) is 12. The molecule has 0 aliphatic heterocycles. The number of fused-ring (bicyclic) bond motifs is 1. The van der Waals surface area contributed by atoms with Gasteiger partial charge in [-0.3, -0.25) is 9.97 Å². The van der Waals surface area contributed by atoms with Gasteiger partial charge in [-0.1, -0.05) is 128 Å². The van der Waals surface area contributed by atoms with Crippen LogP contribution in [0.2, 0.25) is 0 Å². The molecular weight excluding hydrogens is 917 g/mol. The Labute approximate surface area is 434 Å². The first-order valence-corrected chi connectivity index (χ1v) is 25.6. The number of hydrogen-bond donors (Lipinski definition) is 0. The SMILES string of the molecule is CC(C)c1ccnc2c1C=CC2.CC(C)c1ccncc1.CC(C)c1ccncn1.CC(C)c1ccnnc1.CC(C)c1cnco1.CC(C)c1cnoc1.CC(C)c1cnsc1.CC(C)c1ncncn1. The summed E-state index contributed by atoms with van der Waals surface area (Å²) in [5.74, 6) is 6.10. The van der Waals surface area contributed by atoms with Crippen LogP contribution in [0.3, 0.4) is 0 Å². The van der Waals surface area contributed by atoms with Gasteiger partial charge >= 0.3 is 0 Å². The molecule has 0 bridgehead atoms. The molecule has 0 atom stereocenters. The minimum absolute atomic E-state index is 0.396. The summed E-state index contributed by atoms with van der Waals surface area (Å²) in [5, 5.41) is 13.1. The third kappa shape index (κ3) is 25.4. The van der Waals surface area contributed by atoms with Crippen molar-refractivity contribution in [2.45, 2.75) is 165 Å². The monoisotopic (exact) mass is 997 g/mol. The van der Waals surface area contributed by atoms with E-state index in [1.54, 1.807) is 43.6 Å². The summed E-state index contributed by atoms with van der Waals surface area (Å²) in [6.45, 7) is 34.1. The van der Waals surface area contributed by atoms with Crippen molar-refractivity contribution in [1.82, 2.24) is 59.6 Å². The molecule has 0 amide bonds. The quantitative estimate of drug-likeness (QED) is 0.140. The van der Waals surface area contributed by atoms with Gasteiger partial charge in [-0.15, -0.1) is 0 Å². The summed E-state index contributed by atoms with van der Waals surface area (Å²) in [6.07, 6.45) is 29.4. The molecule has 0 fully saturated rings. The van der Waals surface area contributed by atoms with Crippen molar-refractivity contribution < 1.29 is 8.94 Å². The van der Waals surface area contributed by atoms with Gasteiger partial charge in [0.25, 0.3) is 0 Å². The van der Waals surface area contributed by atoms with Gasteiger partial charge < -0.3 is 8.94 Å². The number of oxazole rings is 1. The van der Waals surface area contributed by atoms with Crippen LogP contribution in [-0.4, -0.2) is 59.6 Å². The molecule has 72 heavy (non-hydrogen) atoms. The lowest BCUT2D eigenvalue weighted by Crippen LogP contribution is -1.95. The average molecular weight is 997 g/mol. The van der Waals surface area contributed by atoms with Crippen LogP contribution in [0.1, 0.15) is 214 Å². The van der Waals surface area contributed by atoms with Crippen LogP contribution in [0.5, 0.6) is 0 Å². The van der Waals surface area contributed by atoms with Gasteiger partial charge in [0.2, 0.25) is 0 Å². The smallest absolute Gasteiger partial charge is 0.180 e. The van der Waals surface area contributed by atoms with E-state index < -0.39 is 0 Å². The minimum Gasteiger partial charge on any atom is -0.448 e. The zero-order valence-electron chi connectivity index (χ0n) is 45.6. The summed E-state index contributed by atoms with van der Waals surface area (Å²) < 4.78 is 13.6. The normalized spacial score (nSPS) is 10.8. The van der Waals surface area contributed by atoms with E-state index in [4.69, 9.17) is 4.42 Å². The standard InChI is InChI=1S/C11H13N.C8H11N.2C7H10N2.C6H9N3.2C6H9NO.C6H9NS/c1-8(2)9-6-7-12-11-5-3-4-10(9)11;1-7(2)8-3-5-9-6-4-8;1-6(2)7-3-4-8-5-9-7;1-6(2)7-3-4-8-9-5-7;1-5(2)6-8-3-7-4-9-6;1-5(2)6-3-7-4-8-6;2*1-5(2)6-3-7-8-4-6/h3-4,6-8H,5H2,1-2H3;3-7H,1-2H3;2*3-6H,1-2H3;3-5H,1-2H3;3*3-5H,1-2H3. The Morgan fingerprint density at radius 2 is 1.12 bits per heavy atom. The van der Waals surface area contributed by atoms with Crippen LogP contribution >= 0.6 is 11.5 Å². The lowest BCUT2D eigenvalue weighted by Gasteiger charge is -2.09. The molecule has 0 radical (unpaired) electrons. The van der Waals surface area contributed by atoms with Crippen molar-refractivity contribution >= 4 is 17.6 Å². The lowest BCUT2D eigenvalue weighted by atomic mass is 9.98. The largest absolute Gasteiger partial charge is 0.448 e. The van der Waals surface area contributed by atoms with E-state index in [1.165, 1.54) is 64.1 Å². The molecule has 386 valence electrons. The molecule has 8 aromatic rings. The highest BCUT2D eigenvalue weighted by atomic mass is 32.1. The second-order valence-corrected chi connectivity index (χ2v) is 19.7. The van der Waals surface area contributed by atoms with Gasteiger partial charge in [-0.05, 0) is 105 Å². The van der Waals surface area contributed by atoms with Gasteiger partial charge in [0, 0.05) is 72.1 Å². The van der Waals surface area contributed by atoms with E-state index in [-0.39, 0.29) is 0 Å². The Hall–Kier alpha value is -6.74. The minimum atomic E-state index is 0.396. The van der Waals surface area contributed by atoms with E-state index in [0.29, 0.717) is 47.3 Å². The number of pyridine rings is 2. The third-order valence-electron chi connectivity index (χ3n) is 10.5. The zero-order valence-corrected chi connectivity index (χ0v) is 46.4. The maximum absolute atomic E-state index is 4.98. The van der Waals surface area contributed by atoms with Gasteiger partial charge in [-0.2, -0.15) is 10.2 Å². The summed E-state index contributed by atoms with van der Waals surface area (Å²) in [5.41, 5.74) is 10.2. The van der Waals surface area contributed by atoms with Crippen molar-refractivity contribution in [3.63, 3.8) is 0 Å². The van der Waals surface area contributed by atoms with Crippen molar-refractivity contribution in [1.29, 1.82) is 0 Å². The molecule has 0 aromatic carbocycles. The molecule has 1 aliphatic carbocycles. The highest BCUT2D eigenvalue weighted by molar-refractivity contribution is 7.03. The topological polar surface area (TPSA) is 181 Å². The van der Waals surface area contributed by atoms with Gasteiger partial charge in [0.05, 0.1) is 24.3 Å². The summed E-state index contributed by atoms with van der Waals surface area (Å²) in [6, 6.07) is 10.1. The van der Waals surface area contributed by atoms with Gasteiger partial charge in [0.15, 0.2) is 6.39 Å². The van der Waals surface area contributed by atoms with Crippen molar-refractivity contribution in [2.24, 2.45) is 0 Å². The molecule has 0 saturated heterocycles. The van der Waals surface area contributed by atoms with E-state index >= 15 is 0 Å². The molecule has 9 rings (SSSR count). The van der Waals surface area contributed by atoms with Crippen molar-refractivity contribution in [3.05, 3.63) is 186 Å². The van der Waals surface area contributed by atoms with Crippen LogP contribution in [0, 0.1) is 0 Å². The Morgan fingerprint density at radius 1 is 0.486 bits per heavy atom. The first kappa shape index (κ1) is 61.4. The Kier molecular flexibility index (Phi) is 30.2. The van der Waals surface area contributed by atoms with Gasteiger partial charge in [0.1, 0.15) is 36.8 Å². The van der Waals surface area contributed by atoms with Crippen LogP contribution < -0.4 is 0 Å². The van der Waals surface area contributed by atoms with E-state index in [2.05, 4.69) is 199 Å². The summed E-state index contributed by atoms with van der Waals surface area (Å²) in [7, 11) is 0. The second kappa shape index (κ2) is 35.4. The van der Waals surface area contributed by atoms with Crippen LogP contribution in [0.4, 0.5) is 0 Å². The van der Waals surface area contributed by atoms with E-state index in [0.717, 1.165) is 29.3 Å². The fraction of sp³-hybridized carbons (Fsp3) is 0.439. The average Bonchev–Trinajstić information content (AvgIpc) is 4.26. The molecule has 15 heteroatoms. The Bertz CT molecular complexity index is 2240. The fourth-order valence-corrected chi connectivity index (χ4v) is 6.47. The molecule has 1 aliphatic rings. The highest BCUT2D eigenvalue weighted by Gasteiger charge is 2.12. The predicted octanol–water partition coefficient (Wildman–Crippen LogP) is 15.0. The number of allylic oxidation sites excluding steroid dienone is 1. The summed E-state index contributed by atoms with van der Waals surface area (Å²) >= 11 is 1.52. The molecule has 0 N–H and O–H groups in total. The molecule has 8 aromatic heterocycles. The maximum Gasteiger partial charge on any atom is 0.180 e. The second-order valence-electron chi connectivity index (χ2n) is 19.0. The Morgan fingerprint density at radius 3 is 1.50 bits per heavy atom. The van der Waals surface area contributed by atoms with Crippen LogP contribution in [0.25, 0.3) is 6.08 Å². The first-order chi connectivity index (χ1) is 34.4. The number of aromatic nitrogens is 12. The van der Waals surface area contributed by atoms with Crippen LogP contribution in [-0.2, 0) is 6.42 Å². The first-order valence-electron chi connectivity index (χ1n) is 24.8. The summed E-state index contributed by atoms with van der Waals surface area (Å²) in [4.78, 5) is 31.5. The predicted molar refractivity (Wildman–Crippen MR) is 293 cm³/mol. The van der Waals surface area contributed by atoms with E-state index in [9.17, 15) is 0 Å². The zero-order chi connectivity index (χ0) is 53.3. The molecular formula is C57H80N12O2S. The lowest BCUT2D eigenvalue weighted by molar-refractivity contribution is 0.418. The molecule has 0 saturated carbocycles. The van der Waals surface area contributed by atoms with Crippen molar-refractivity contribution in [2.75, 3.05) is 0 Å². The number of rotatable bonds is 8. The molecule has 0 spiro atoms. The molecule has 14 nitrogen and oxygen atoms in total. The third-order valence-corrected chi connectivity index (χ3v) is 11.1. The highest BCUT2D eigenvalue weighted by Crippen LogP contribution is 2.26. The number of hydrogen-bond acceptors (Lipinski definition) is 15. The fourth-order valence-electron chi connectivity index (χ4n) is 5.77. The Balaban J connectivity index is 0.000000283. The van der Waals surface area contributed by atoms with E-state index in [1.807, 2.05) is 49.1 Å². The molecule has 8 heterocycles. The van der Waals surface area contributed by atoms with Crippen molar-refractivity contribution in [3.8, 4) is 0 Å². The molecule has 0 unspecified atom stereocenters. The van der Waals surface area contributed by atoms with Gasteiger partial charge in [-0.25, -0.2) is 34.3 Å². The maximum atomic E-state index is 4.98.